The molecule has 1 aliphatic carbocycles. The summed E-state index contributed by atoms with van der Waals surface area (Å²) in [6, 6.07) is 0. The molecule has 1 atom stereocenters. The second-order valence-corrected chi connectivity index (χ2v) is 5.22. The molecule has 0 heterocycles. The zero-order valence-electron chi connectivity index (χ0n) is 10.6. The van der Waals surface area contributed by atoms with Gasteiger partial charge in [0.05, 0.1) is 6.10 Å². The van der Waals surface area contributed by atoms with Crippen LogP contribution in [0.3, 0.4) is 0 Å². The van der Waals surface area contributed by atoms with Crippen molar-refractivity contribution in [2.75, 3.05) is 14.1 Å². The lowest BCUT2D eigenvalue weighted by molar-refractivity contribution is -0.00907. The van der Waals surface area contributed by atoms with Crippen LogP contribution in [0.5, 0.6) is 0 Å². The first-order valence-corrected chi connectivity index (χ1v) is 6.49. The standard InChI is InChI=1S/C13H27NO/c1-4-5-6-9-12(15)13(14(2)3)10-7-8-11-13/h12,15H,4-11H2,1-3H3. The van der Waals surface area contributed by atoms with Crippen LogP contribution in [0.25, 0.3) is 0 Å². The van der Waals surface area contributed by atoms with Crippen LogP contribution in [0.4, 0.5) is 0 Å². The van der Waals surface area contributed by atoms with Gasteiger partial charge >= 0.3 is 0 Å². The van der Waals surface area contributed by atoms with Crippen LogP contribution in [0.2, 0.25) is 0 Å². The predicted octanol–water partition coefficient (Wildman–Crippen LogP) is 2.80. The molecule has 15 heavy (non-hydrogen) atoms. The molecule has 0 radical (unpaired) electrons. The molecule has 1 rings (SSSR count). The fraction of sp³-hybridized carbons (Fsp3) is 1.00. The van der Waals surface area contributed by atoms with Crippen LogP contribution in [0.15, 0.2) is 0 Å². The van der Waals surface area contributed by atoms with Crippen molar-refractivity contribution in [3.8, 4) is 0 Å². The maximum absolute atomic E-state index is 10.4. The molecule has 0 aromatic heterocycles. The van der Waals surface area contributed by atoms with Crippen molar-refractivity contribution < 1.29 is 5.11 Å². The van der Waals surface area contributed by atoms with E-state index in [0.29, 0.717) is 0 Å². The lowest BCUT2D eigenvalue weighted by Gasteiger charge is -2.40. The quantitative estimate of drug-likeness (QED) is 0.686. The van der Waals surface area contributed by atoms with E-state index in [1.54, 1.807) is 0 Å². The van der Waals surface area contributed by atoms with Crippen LogP contribution in [0, 0.1) is 0 Å². The number of hydrogen-bond donors (Lipinski definition) is 1. The van der Waals surface area contributed by atoms with Crippen molar-refractivity contribution in [2.24, 2.45) is 0 Å². The highest BCUT2D eigenvalue weighted by atomic mass is 16.3. The Balaban J connectivity index is 2.48. The van der Waals surface area contributed by atoms with Gasteiger partial charge in [-0.2, -0.15) is 0 Å². The Labute approximate surface area is 94.7 Å². The molecule has 1 saturated carbocycles. The van der Waals surface area contributed by atoms with E-state index in [2.05, 4.69) is 25.9 Å². The third kappa shape index (κ3) is 2.94. The molecular weight excluding hydrogens is 186 g/mol. The highest BCUT2D eigenvalue weighted by Crippen LogP contribution is 2.38. The Hall–Kier alpha value is -0.0800. The van der Waals surface area contributed by atoms with Crippen molar-refractivity contribution >= 4 is 0 Å². The van der Waals surface area contributed by atoms with Gasteiger partial charge in [-0.3, -0.25) is 0 Å². The summed E-state index contributed by atoms with van der Waals surface area (Å²) in [7, 11) is 4.24. The second kappa shape index (κ2) is 5.86. The van der Waals surface area contributed by atoms with Gasteiger partial charge < -0.3 is 10.0 Å². The maximum Gasteiger partial charge on any atom is 0.0723 e. The summed E-state index contributed by atoms with van der Waals surface area (Å²) in [5, 5.41) is 10.4. The number of likely N-dealkylation sites (N-methyl/N-ethyl adjacent to an activating group) is 1. The third-order valence-corrected chi connectivity index (χ3v) is 4.06. The number of hydrogen-bond acceptors (Lipinski definition) is 2. The molecule has 2 nitrogen and oxygen atoms in total. The highest BCUT2D eigenvalue weighted by Gasteiger charge is 2.41. The van der Waals surface area contributed by atoms with Gasteiger partial charge in [-0.25, -0.2) is 0 Å². The van der Waals surface area contributed by atoms with Gasteiger partial charge in [0.1, 0.15) is 0 Å². The molecule has 0 bridgehead atoms. The number of aliphatic hydroxyl groups is 1. The van der Waals surface area contributed by atoms with Crippen molar-refractivity contribution in [1.29, 1.82) is 0 Å². The van der Waals surface area contributed by atoms with Gasteiger partial charge in [-0.05, 0) is 33.4 Å². The smallest absolute Gasteiger partial charge is 0.0723 e. The van der Waals surface area contributed by atoms with Crippen molar-refractivity contribution in [1.82, 2.24) is 4.90 Å². The van der Waals surface area contributed by atoms with Crippen LogP contribution >= 0.6 is 0 Å². The van der Waals surface area contributed by atoms with E-state index in [1.807, 2.05) is 0 Å². The van der Waals surface area contributed by atoms with Gasteiger partial charge in [-0.15, -0.1) is 0 Å². The molecule has 1 aliphatic rings. The predicted molar refractivity (Wildman–Crippen MR) is 65.0 cm³/mol. The largest absolute Gasteiger partial charge is 0.391 e. The van der Waals surface area contributed by atoms with Crippen LogP contribution in [0.1, 0.15) is 58.3 Å². The van der Waals surface area contributed by atoms with Crippen molar-refractivity contribution in [2.45, 2.75) is 69.9 Å². The molecular formula is C13H27NO. The van der Waals surface area contributed by atoms with E-state index in [9.17, 15) is 5.11 Å². The minimum atomic E-state index is -0.124. The monoisotopic (exact) mass is 213 g/mol. The summed E-state index contributed by atoms with van der Waals surface area (Å²) < 4.78 is 0. The summed E-state index contributed by atoms with van der Waals surface area (Å²) in [4.78, 5) is 2.26. The first-order valence-electron chi connectivity index (χ1n) is 6.49. The molecule has 1 unspecified atom stereocenters. The Kier molecular flexibility index (Phi) is 5.07. The van der Waals surface area contributed by atoms with Gasteiger partial charge in [0.2, 0.25) is 0 Å². The summed E-state index contributed by atoms with van der Waals surface area (Å²) in [6.45, 7) is 2.21. The number of unbranched alkanes of at least 4 members (excludes halogenated alkanes) is 2. The molecule has 0 aromatic carbocycles. The SMILES string of the molecule is CCCCCC(O)C1(N(C)C)CCCC1. The Bertz CT molecular complexity index is 173. The van der Waals surface area contributed by atoms with E-state index in [0.717, 1.165) is 6.42 Å². The Morgan fingerprint density at radius 1 is 1.20 bits per heavy atom. The van der Waals surface area contributed by atoms with Gasteiger partial charge in [0.25, 0.3) is 0 Å². The van der Waals surface area contributed by atoms with Gasteiger partial charge in [0, 0.05) is 5.54 Å². The summed E-state index contributed by atoms with van der Waals surface area (Å²) in [5.41, 5.74) is 0.0910. The van der Waals surface area contributed by atoms with Crippen molar-refractivity contribution in [3.05, 3.63) is 0 Å². The number of nitrogens with zero attached hydrogens (tertiary/aromatic N) is 1. The molecule has 2 heteroatoms. The van der Waals surface area contributed by atoms with Crippen molar-refractivity contribution in [3.63, 3.8) is 0 Å². The van der Waals surface area contributed by atoms with E-state index < -0.39 is 0 Å². The second-order valence-electron chi connectivity index (χ2n) is 5.22. The summed E-state index contributed by atoms with van der Waals surface area (Å²) in [5.74, 6) is 0. The zero-order chi connectivity index (χ0) is 11.3. The van der Waals surface area contributed by atoms with E-state index in [1.165, 1.54) is 44.9 Å². The normalized spacial score (nSPS) is 22.2. The molecule has 1 N–H and O–H groups in total. The zero-order valence-corrected chi connectivity index (χ0v) is 10.6. The molecule has 0 aromatic rings. The average molecular weight is 213 g/mol. The third-order valence-electron chi connectivity index (χ3n) is 4.06. The lowest BCUT2D eigenvalue weighted by atomic mass is 9.86. The molecule has 0 saturated heterocycles. The number of rotatable bonds is 6. The Morgan fingerprint density at radius 2 is 1.80 bits per heavy atom. The Morgan fingerprint density at radius 3 is 2.27 bits per heavy atom. The molecule has 1 fully saturated rings. The minimum Gasteiger partial charge on any atom is -0.391 e. The molecule has 0 aliphatic heterocycles. The summed E-state index contributed by atoms with van der Waals surface area (Å²) in [6.07, 6.45) is 9.43. The molecule has 0 spiro atoms. The topological polar surface area (TPSA) is 23.5 Å². The van der Waals surface area contributed by atoms with E-state index in [-0.39, 0.29) is 11.6 Å². The maximum atomic E-state index is 10.4. The first kappa shape index (κ1) is 13.0. The first-order chi connectivity index (χ1) is 7.13. The van der Waals surface area contributed by atoms with Crippen LogP contribution in [-0.4, -0.2) is 35.7 Å². The van der Waals surface area contributed by atoms with Crippen LogP contribution < -0.4 is 0 Å². The fourth-order valence-electron chi connectivity index (χ4n) is 2.92. The van der Waals surface area contributed by atoms with E-state index in [4.69, 9.17) is 0 Å². The summed E-state index contributed by atoms with van der Waals surface area (Å²) >= 11 is 0. The van der Waals surface area contributed by atoms with Gasteiger partial charge in [-0.1, -0.05) is 39.0 Å². The fourth-order valence-corrected chi connectivity index (χ4v) is 2.92. The molecule has 90 valence electrons. The number of aliphatic hydroxyl groups excluding tert-OH is 1. The molecule has 0 amide bonds. The highest BCUT2D eigenvalue weighted by molar-refractivity contribution is 4.98. The lowest BCUT2D eigenvalue weighted by Crippen LogP contribution is -2.51. The van der Waals surface area contributed by atoms with E-state index >= 15 is 0 Å². The minimum absolute atomic E-state index is 0.0910. The van der Waals surface area contributed by atoms with Crippen LogP contribution in [-0.2, 0) is 0 Å². The van der Waals surface area contributed by atoms with Gasteiger partial charge in [0.15, 0.2) is 0 Å². The average Bonchev–Trinajstić information content (AvgIpc) is 2.67.